The van der Waals surface area contributed by atoms with E-state index >= 15 is 0 Å². The van der Waals surface area contributed by atoms with Crippen molar-refractivity contribution in [1.29, 1.82) is 0 Å². The fraction of sp³-hybridized carbons (Fsp3) is 0.600. The minimum atomic E-state index is -0.118. The Morgan fingerprint density at radius 2 is 1.89 bits per heavy atom. The number of piperazine rings is 1. The van der Waals surface area contributed by atoms with Crippen LogP contribution in [0.2, 0.25) is 0 Å². The summed E-state index contributed by atoms with van der Waals surface area (Å²) < 4.78 is 13.7. The summed E-state index contributed by atoms with van der Waals surface area (Å²) in [7, 11) is 0. The molecule has 3 nitrogen and oxygen atoms in total. The number of nitrogens with two attached hydrogens (primary N) is 1. The highest BCUT2D eigenvalue weighted by molar-refractivity contribution is 5.47. The number of rotatable bonds is 5. The first-order valence-corrected chi connectivity index (χ1v) is 7.14. The van der Waals surface area contributed by atoms with E-state index in [0.29, 0.717) is 6.04 Å². The van der Waals surface area contributed by atoms with Crippen LogP contribution in [0.3, 0.4) is 0 Å². The molecule has 1 atom stereocenters. The van der Waals surface area contributed by atoms with Crippen LogP contribution < -0.4 is 10.6 Å². The molecule has 19 heavy (non-hydrogen) atoms. The molecule has 1 aliphatic heterocycles. The summed E-state index contributed by atoms with van der Waals surface area (Å²) >= 11 is 0. The van der Waals surface area contributed by atoms with Crippen molar-refractivity contribution in [3.63, 3.8) is 0 Å². The van der Waals surface area contributed by atoms with Gasteiger partial charge in [-0.15, -0.1) is 0 Å². The van der Waals surface area contributed by atoms with Crippen molar-refractivity contribution in [2.75, 3.05) is 37.6 Å². The summed E-state index contributed by atoms with van der Waals surface area (Å²) in [6.45, 7) is 6.97. The molecule has 1 saturated heterocycles. The lowest BCUT2D eigenvalue weighted by molar-refractivity contribution is 0.250. The third kappa shape index (κ3) is 4.18. The van der Waals surface area contributed by atoms with Gasteiger partial charge in [0.05, 0.1) is 5.69 Å². The molecule has 1 fully saturated rings. The first-order chi connectivity index (χ1) is 9.16. The van der Waals surface area contributed by atoms with Gasteiger partial charge in [-0.3, -0.25) is 4.90 Å². The Balaban J connectivity index is 1.78. The zero-order valence-corrected chi connectivity index (χ0v) is 11.7. The molecule has 0 amide bonds. The van der Waals surface area contributed by atoms with Crippen LogP contribution in [0.5, 0.6) is 0 Å². The van der Waals surface area contributed by atoms with Crippen molar-refractivity contribution < 1.29 is 4.39 Å². The summed E-state index contributed by atoms with van der Waals surface area (Å²) in [4.78, 5) is 4.58. The highest BCUT2D eigenvalue weighted by atomic mass is 19.1. The van der Waals surface area contributed by atoms with Crippen molar-refractivity contribution in [1.82, 2.24) is 4.90 Å². The zero-order chi connectivity index (χ0) is 13.7. The monoisotopic (exact) mass is 265 g/mol. The molecule has 1 heterocycles. The quantitative estimate of drug-likeness (QED) is 0.884. The topological polar surface area (TPSA) is 32.5 Å². The van der Waals surface area contributed by atoms with E-state index in [-0.39, 0.29) is 5.82 Å². The molecule has 0 radical (unpaired) electrons. The Labute approximate surface area is 115 Å². The summed E-state index contributed by atoms with van der Waals surface area (Å²) in [6, 6.07) is 7.32. The molecule has 0 spiro atoms. The van der Waals surface area contributed by atoms with Crippen LogP contribution in [0, 0.1) is 5.82 Å². The summed E-state index contributed by atoms with van der Waals surface area (Å²) in [5.41, 5.74) is 6.49. The second-order valence-electron chi connectivity index (χ2n) is 5.40. The normalized spacial score (nSPS) is 18.6. The first-order valence-electron chi connectivity index (χ1n) is 7.14. The molecular weight excluding hydrogens is 241 g/mol. The molecule has 0 saturated carbocycles. The minimum Gasteiger partial charge on any atom is -0.367 e. The number of halogens is 1. The highest BCUT2D eigenvalue weighted by Gasteiger charge is 2.18. The second kappa shape index (κ2) is 6.87. The Morgan fingerprint density at radius 1 is 1.21 bits per heavy atom. The molecule has 1 aliphatic rings. The van der Waals surface area contributed by atoms with Crippen LogP contribution >= 0.6 is 0 Å². The summed E-state index contributed by atoms with van der Waals surface area (Å²) in [6.07, 6.45) is 2.23. The van der Waals surface area contributed by atoms with Crippen LogP contribution in [-0.4, -0.2) is 43.7 Å². The molecule has 1 aromatic rings. The standard InChI is InChI=1S/C15H24FN3/c1-13(17)5-4-8-18-9-11-19(12-10-18)15-7-3-2-6-14(15)16/h2-3,6-7,13H,4-5,8-12,17H2,1H3. The SMILES string of the molecule is CC(N)CCCN1CCN(c2ccccc2F)CC1. The van der Waals surface area contributed by atoms with E-state index < -0.39 is 0 Å². The Kier molecular flexibility index (Phi) is 5.16. The predicted molar refractivity (Wildman–Crippen MR) is 77.9 cm³/mol. The molecule has 2 rings (SSSR count). The van der Waals surface area contributed by atoms with Gasteiger partial charge >= 0.3 is 0 Å². The predicted octanol–water partition coefficient (Wildman–Crippen LogP) is 2.08. The summed E-state index contributed by atoms with van der Waals surface area (Å²) in [5, 5.41) is 0. The van der Waals surface area contributed by atoms with Gasteiger partial charge < -0.3 is 10.6 Å². The van der Waals surface area contributed by atoms with Crippen molar-refractivity contribution >= 4 is 5.69 Å². The molecule has 1 aromatic carbocycles. The molecule has 2 N–H and O–H groups in total. The van der Waals surface area contributed by atoms with E-state index in [4.69, 9.17) is 5.73 Å². The van der Waals surface area contributed by atoms with E-state index in [2.05, 4.69) is 16.7 Å². The van der Waals surface area contributed by atoms with Crippen LogP contribution in [0.4, 0.5) is 10.1 Å². The van der Waals surface area contributed by atoms with Crippen molar-refractivity contribution in [2.24, 2.45) is 5.73 Å². The van der Waals surface area contributed by atoms with Gasteiger partial charge in [0.1, 0.15) is 5.82 Å². The van der Waals surface area contributed by atoms with Gasteiger partial charge in [0, 0.05) is 32.2 Å². The maximum absolute atomic E-state index is 13.7. The molecule has 4 heteroatoms. The third-order valence-corrected chi connectivity index (χ3v) is 3.70. The zero-order valence-electron chi connectivity index (χ0n) is 11.7. The fourth-order valence-electron chi connectivity index (χ4n) is 2.56. The van der Waals surface area contributed by atoms with Gasteiger partial charge in [-0.25, -0.2) is 4.39 Å². The maximum atomic E-state index is 13.7. The second-order valence-corrected chi connectivity index (χ2v) is 5.40. The van der Waals surface area contributed by atoms with E-state index in [9.17, 15) is 4.39 Å². The number of hydrogen-bond acceptors (Lipinski definition) is 3. The van der Waals surface area contributed by atoms with Crippen LogP contribution in [0.1, 0.15) is 19.8 Å². The Bertz CT molecular complexity index is 387. The third-order valence-electron chi connectivity index (χ3n) is 3.70. The number of anilines is 1. The average Bonchev–Trinajstić information content (AvgIpc) is 2.40. The van der Waals surface area contributed by atoms with Gasteiger partial charge in [0.15, 0.2) is 0 Å². The Hall–Kier alpha value is -1.13. The van der Waals surface area contributed by atoms with E-state index in [1.165, 1.54) is 6.07 Å². The van der Waals surface area contributed by atoms with Crippen LogP contribution in [0.15, 0.2) is 24.3 Å². The van der Waals surface area contributed by atoms with Gasteiger partial charge in [-0.05, 0) is 38.4 Å². The highest BCUT2D eigenvalue weighted by Crippen LogP contribution is 2.20. The van der Waals surface area contributed by atoms with Crippen molar-refractivity contribution in [2.45, 2.75) is 25.8 Å². The maximum Gasteiger partial charge on any atom is 0.146 e. The molecule has 0 aliphatic carbocycles. The fourth-order valence-corrected chi connectivity index (χ4v) is 2.56. The first kappa shape index (κ1) is 14.3. The van der Waals surface area contributed by atoms with E-state index in [1.54, 1.807) is 6.07 Å². The van der Waals surface area contributed by atoms with Gasteiger partial charge in [-0.1, -0.05) is 12.1 Å². The lowest BCUT2D eigenvalue weighted by Gasteiger charge is -2.36. The molecular formula is C15H24FN3. The van der Waals surface area contributed by atoms with Gasteiger partial charge in [0.2, 0.25) is 0 Å². The number of hydrogen-bond donors (Lipinski definition) is 1. The Morgan fingerprint density at radius 3 is 2.53 bits per heavy atom. The lowest BCUT2D eigenvalue weighted by Crippen LogP contribution is -2.47. The van der Waals surface area contributed by atoms with Crippen LogP contribution in [-0.2, 0) is 0 Å². The van der Waals surface area contributed by atoms with E-state index in [0.717, 1.165) is 51.3 Å². The molecule has 1 unspecified atom stereocenters. The smallest absolute Gasteiger partial charge is 0.146 e. The van der Waals surface area contributed by atoms with Gasteiger partial charge in [-0.2, -0.15) is 0 Å². The molecule has 106 valence electrons. The molecule has 0 bridgehead atoms. The van der Waals surface area contributed by atoms with Crippen LogP contribution in [0.25, 0.3) is 0 Å². The number of benzene rings is 1. The van der Waals surface area contributed by atoms with Gasteiger partial charge in [0.25, 0.3) is 0 Å². The number of nitrogens with zero attached hydrogens (tertiary/aromatic N) is 2. The van der Waals surface area contributed by atoms with E-state index in [1.807, 2.05) is 12.1 Å². The molecule has 0 aromatic heterocycles. The van der Waals surface area contributed by atoms with Crippen molar-refractivity contribution in [3.05, 3.63) is 30.1 Å². The average molecular weight is 265 g/mol. The number of para-hydroxylation sites is 1. The largest absolute Gasteiger partial charge is 0.367 e. The van der Waals surface area contributed by atoms with Crippen molar-refractivity contribution in [3.8, 4) is 0 Å². The summed E-state index contributed by atoms with van der Waals surface area (Å²) in [5.74, 6) is -0.118. The lowest BCUT2D eigenvalue weighted by atomic mass is 10.1. The minimum absolute atomic E-state index is 0.118.